The van der Waals surface area contributed by atoms with E-state index in [9.17, 15) is 0 Å². The predicted molar refractivity (Wildman–Crippen MR) is 87.8 cm³/mol. The molecule has 0 fully saturated rings. The van der Waals surface area contributed by atoms with E-state index in [2.05, 4.69) is 10.3 Å². The van der Waals surface area contributed by atoms with Gasteiger partial charge < -0.3 is 10.1 Å². The molecule has 0 spiro atoms. The molecule has 0 bridgehead atoms. The van der Waals surface area contributed by atoms with E-state index in [1.165, 1.54) is 0 Å². The number of hydrogen-bond donors (Lipinski definition) is 1. The van der Waals surface area contributed by atoms with Gasteiger partial charge in [-0.15, -0.1) is 0 Å². The zero-order valence-electron chi connectivity index (χ0n) is 11.2. The number of anilines is 1. The van der Waals surface area contributed by atoms with Crippen LogP contribution in [0.25, 0.3) is 10.8 Å². The van der Waals surface area contributed by atoms with Gasteiger partial charge in [-0.25, -0.2) is 0 Å². The minimum atomic E-state index is 0.321. The number of benzene rings is 2. The van der Waals surface area contributed by atoms with Crippen LogP contribution in [-0.4, -0.2) is 12.0 Å². The lowest BCUT2D eigenvalue weighted by atomic mass is 10.1. The van der Waals surface area contributed by atoms with E-state index in [1.54, 1.807) is 13.1 Å². The molecule has 0 radical (unpaired) electrons. The zero-order chi connectivity index (χ0) is 14.8. The second-order valence-corrected chi connectivity index (χ2v) is 5.25. The van der Waals surface area contributed by atoms with Gasteiger partial charge in [0, 0.05) is 12.4 Å². The number of ether oxygens (including phenoxy) is 1. The fourth-order valence-corrected chi connectivity index (χ4v) is 2.58. The van der Waals surface area contributed by atoms with Crippen molar-refractivity contribution in [2.24, 2.45) is 0 Å². The van der Waals surface area contributed by atoms with Gasteiger partial charge in [-0.1, -0.05) is 59.6 Å². The van der Waals surface area contributed by atoms with Gasteiger partial charge in [-0.2, -0.15) is 4.98 Å². The van der Waals surface area contributed by atoms with Crippen LogP contribution in [0, 0.1) is 0 Å². The minimum Gasteiger partial charge on any atom is -0.437 e. The van der Waals surface area contributed by atoms with Crippen LogP contribution in [-0.2, 0) is 0 Å². The number of rotatable bonds is 3. The van der Waals surface area contributed by atoms with Crippen molar-refractivity contribution in [3.8, 4) is 11.6 Å². The zero-order valence-corrected chi connectivity index (χ0v) is 12.7. The third kappa shape index (κ3) is 2.75. The van der Waals surface area contributed by atoms with Crippen LogP contribution >= 0.6 is 23.2 Å². The van der Waals surface area contributed by atoms with Gasteiger partial charge in [-0.3, -0.25) is 0 Å². The molecular weight excluding hydrogens is 307 g/mol. The molecule has 3 aromatic rings. The molecule has 0 saturated carbocycles. The monoisotopic (exact) mass is 318 g/mol. The molecule has 5 heteroatoms. The van der Waals surface area contributed by atoms with Crippen molar-refractivity contribution in [3.63, 3.8) is 0 Å². The quantitative estimate of drug-likeness (QED) is 0.704. The SMILES string of the molecule is CNc1nc(Oc2cccc3ccccc23)c(Cl)cc1Cl. The molecule has 3 nitrogen and oxygen atoms in total. The smallest absolute Gasteiger partial charge is 0.240 e. The fraction of sp³-hybridized carbons (Fsp3) is 0.0625. The number of nitrogens with zero attached hydrogens (tertiary/aromatic N) is 1. The first-order chi connectivity index (χ1) is 10.2. The second kappa shape index (κ2) is 5.80. The minimum absolute atomic E-state index is 0.321. The Labute approximate surface area is 132 Å². The van der Waals surface area contributed by atoms with Gasteiger partial charge in [0.25, 0.3) is 0 Å². The van der Waals surface area contributed by atoms with Gasteiger partial charge in [0.05, 0.1) is 5.02 Å². The van der Waals surface area contributed by atoms with Gasteiger partial charge in [0.15, 0.2) is 0 Å². The first kappa shape index (κ1) is 14.0. The predicted octanol–water partition coefficient (Wildman–Crippen LogP) is 5.38. The number of pyridine rings is 1. The molecular formula is C16H12Cl2N2O. The number of aromatic nitrogens is 1. The van der Waals surface area contributed by atoms with E-state index in [0.717, 1.165) is 10.8 Å². The standard InChI is InChI=1S/C16H12Cl2N2O/c1-19-15-12(17)9-13(18)16(20-15)21-14-8-4-6-10-5-2-3-7-11(10)14/h2-9H,1H3,(H,19,20). The van der Waals surface area contributed by atoms with E-state index in [-0.39, 0.29) is 0 Å². The lowest BCUT2D eigenvalue weighted by Crippen LogP contribution is -1.97. The van der Waals surface area contributed by atoms with E-state index < -0.39 is 0 Å². The summed E-state index contributed by atoms with van der Waals surface area (Å²) in [4.78, 5) is 4.30. The molecule has 1 aromatic heterocycles. The number of hydrogen-bond acceptors (Lipinski definition) is 3. The maximum atomic E-state index is 6.16. The summed E-state index contributed by atoms with van der Waals surface area (Å²) in [7, 11) is 1.74. The fourth-order valence-electron chi connectivity index (χ4n) is 2.09. The number of fused-ring (bicyclic) bond motifs is 1. The van der Waals surface area contributed by atoms with Crippen LogP contribution in [0.3, 0.4) is 0 Å². The highest BCUT2D eigenvalue weighted by atomic mass is 35.5. The van der Waals surface area contributed by atoms with E-state index in [1.807, 2.05) is 42.5 Å². The van der Waals surface area contributed by atoms with Crippen molar-refractivity contribution in [1.82, 2.24) is 4.98 Å². The van der Waals surface area contributed by atoms with Gasteiger partial charge in [0.1, 0.15) is 16.6 Å². The Balaban J connectivity index is 2.07. The second-order valence-electron chi connectivity index (χ2n) is 4.44. The Morgan fingerprint density at radius 3 is 2.57 bits per heavy atom. The lowest BCUT2D eigenvalue weighted by Gasteiger charge is -2.11. The Kier molecular flexibility index (Phi) is 3.86. The van der Waals surface area contributed by atoms with Crippen molar-refractivity contribution in [2.75, 3.05) is 12.4 Å². The molecule has 0 aliphatic carbocycles. The highest BCUT2D eigenvalue weighted by molar-refractivity contribution is 6.36. The molecule has 0 saturated heterocycles. The summed E-state index contributed by atoms with van der Waals surface area (Å²) in [5, 5.41) is 5.81. The highest BCUT2D eigenvalue weighted by Crippen LogP contribution is 2.35. The van der Waals surface area contributed by atoms with Crippen LogP contribution in [0.15, 0.2) is 48.5 Å². The first-order valence-electron chi connectivity index (χ1n) is 6.38. The number of halogens is 2. The molecule has 106 valence electrons. The Bertz CT molecular complexity index is 800. The summed E-state index contributed by atoms with van der Waals surface area (Å²) in [5.41, 5.74) is 0. The summed E-state index contributed by atoms with van der Waals surface area (Å²) in [6, 6.07) is 15.4. The summed E-state index contributed by atoms with van der Waals surface area (Å²) < 4.78 is 5.88. The van der Waals surface area contributed by atoms with Crippen molar-refractivity contribution < 1.29 is 4.74 Å². The Hall–Kier alpha value is -1.97. The van der Waals surface area contributed by atoms with Gasteiger partial charge in [-0.05, 0) is 17.5 Å². The Morgan fingerprint density at radius 2 is 1.76 bits per heavy atom. The van der Waals surface area contributed by atoms with Crippen LogP contribution < -0.4 is 10.1 Å². The maximum absolute atomic E-state index is 6.16. The van der Waals surface area contributed by atoms with E-state index in [4.69, 9.17) is 27.9 Å². The molecule has 0 unspecified atom stereocenters. The van der Waals surface area contributed by atoms with Crippen molar-refractivity contribution in [1.29, 1.82) is 0 Å². The molecule has 3 rings (SSSR count). The van der Waals surface area contributed by atoms with Crippen LogP contribution in [0.1, 0.15) is 0 Å². The molecule has 1 heterocycles. The van der Waals surface area contributed by atoms with Crippen molar-refractivity contribution in [2.45, 2.75) is 0 Å². The van der Waals surface area contributed by atoms with Crippen LogP contribution in [0.2, 0.25) is 10.0 Å². The molecule has 0 aliphatic rings. The average molecular weight is 319 g/mol. The van der Waals surface area contributed by atoms with Crippen molar-refractivity contribution >= 4 is 39.8 Å². The van der Waals surface area contributed by atoms with Crippen molar-refractivity contribution in [3.05, 3.63) is 58.6 Å². The first-order valence-corrected chi connectivity index (χ1v) is 7.14. The Morgan fingerprint density at radius 1 is 1.00 bits per heavy atom. The van der Waals surface area contributed by atoms with E-state index >= 15 is 0 Å². The molecule has 1 N–H and O–H groups in total. The third-order valence-electron chi connectivity index (χ3n) is 3.09. The third-order valence-corrected chi connectivity index (χ3v) is 3.65. The van der Waals surface area contributed by atoms with Gasteiger partial charge in [0.2, 0.25) is 5.88 Å². The molecule has 2 aromatic carbocycles. The summed E-state index contributed by atoms with van der Waals surface area (Å²) in [5.74, 6) is 1.55. The van der Waals surface area contributed by atoms with Gasteiger partial charge >= 0.3 is 0 Å². The van der Waals surface area contributed by atoms with Crippen LogP contribution in [0.5, 0.6) is 11.6 Å². The largest absolute Gasteiger partial charge is 0.437 e. The number of nitrogens with one attached hydrogen (secondary N) is 1. The topological polar surface area (TPSA) is 34.2 Å². The molecule has 21 heavy (non-hydrogen) atoms. The highest BCUT2D eigenvalue weighted by Gasteiger charge is 2.12. The van der Waals surface area contributed by atoms with Crippen LogP contribution in [0.4, 0.5) is 5.82 Å². The summed E-state index contributed by atoms with van der Waals surface area (Å²) in [6.45, 7) is 0. The maximum Gasteiger partial charge on any atom is 0.240 e. The molecule has 0 amide bonds. The summed E-state index contributed by atoms with van der Waals surface area (Å²) in [6.07, 6.45) is 0. The average Bonchev–Trinajstić information content (AvgIpc) is 2.50. The molecule has 0 atom stereocenters. The molecule has 0 aliphatic heterocycles. The summed E-state index contributed by atoms with van der Waals surface area (Å²) >= 11 is 12.2. The lowest BCUT2D eigenvalue weighted by molar-refractivity contribution is 0.469. The normalized spacial score (nSPS) is 10.6. The van der Waals surface area contributed by atoms with E-state index in [0.29, 0.717) is 27.5 Å².